The van der Waals surface area contributed by atoms with Crippen molar-refractivity contribution in [1.29, 1.82) is 0 Å². The van der Waals surface area contributed by atoms with Gasteiger partial charge in [-0.1, -0.05) is 6.07 Å². The average molecular weight is 298 g/mol. The molecular formula is C14H16F2N2OS. The van der Waals surface area contributed by atoms with Crippen molar-refractivity contribution in [2.75, 3.05) is 20.3 Å². The van der Waals surface area contributed by atoms with E-state index >= 15 is 0 Å². The third kappa shape index (κ3) is 3.39. The van der Waals surface area contributed by atoms with Gasteiger partial charge in [0.15, 0.2) is 0 Å². The molecule has 108 valence electrons. The highest BCUT2D eigenvalue weighted by Crippen LogP contribution is 2.31. The van der Waals surface area contributed by atoms with Crippen LogP contribution >= 0.6 is 11.3 Å². The van der Waals surface area contributed by atoms with Crippen molar-refractivity contribution in [3.63, 3.8) is 0 Å². The third-order valence-corrected chi connectivity index (χ3v) is 4.01. The fraction of sp³-hybridized carbons (Fsp3) is 0.357. The Morgan fingerprint density at radius 1 is 1.30 bits per heavy atom. The van der Waals surface area contributed by atoms with E-state index in [1.165, 1.54) is 29.5 Å². The quantitative estimate of drug-likeness (QED) is 0.832. The zero-order valence-electron chi connectivity index (χ0n) is 11.4. The molecule has 0 unspecified atom stereocenters. The van der Waals surface area contributed by atoms with Crippen LogP contribution in [0.4, 0.5) is 8.78 Å². The van der Waals surface area contributed by atoms with Gasteiger partial charge < -0.3 is 10.1 Å². The first-order chi connectivity index (χ1) is 9.63. The molecule has 1 N–H and O–H groups in total. The Morgan fingerprint density at radius 3 is 2.65 bits per heavy atom. The zero-order chi connectivity index (χ0) is 14.5. The molecule has 3 nitrogen and oxygen atoms in total. The Hall–Kier alpha value is -1.37. The number of thiazole rings is 1. The number of benzene rings is 1. The Bertz CT molecular complexity index is 566. The van der Waals surface area contributed by atoms with Gasteiger partial charge in [-0.3, -0.25) is 0 Å². The number of aryl methyl sites for hydroxylation is 1. The van der Waals surface area contributed by atoms with Gasteiger partial charge in [0.1, 0.15) is 16.6 Å². The van der Waals surface area contributed by atoms with Gasteiger partial charge in [0, 0.05) is 25.1 Å². The van der Waals surface area contributed by atoms with Gasteiger partial charge >= 0.3 is 0 Å². The molecule has 20 heavy (non-hydrogen) atoms. The van der Waals surface area contributed by atoms with Crippen LogP contribution < -0.4 is 5.32 Å². The lowest BCUT2D eigenvalue weighted by atomic mass is 10.2. The topological polar surface area (TPSA) is 34.1 Å². The molecule has 2 aromatic rings. The van der Waals surface area contributed by atoms with Crippen molar-refractivity contribution in [3.05, 3.63) is 40.4 Å². The zero-order valence-corrected chi connectivity index (χ0v) is 12.2. The maximum absolute atomic E-state index is 13.7. The average Bonchev–Trinajstić information content (AvgIpc) is 2.76. The standard InChI is InChI=1S/C14H16F2N2OS/c1-9-12(8-17-6-7-19-2)20-14(18-9)13-10(15)4-3-5-11(13)16/h3-5,17H,6-8H2,1-2H3. The summed E-state index contributed by atoms with van der Waals surface area (Å²) in [6, 6.07) is 3.83. The first-order valence-corrected chi connectivity index (χ1v) is 7.05. The SMILES string of the molecule is COCCNCc1sc(-c2c(F)cccc2F)nc1C. The summed E-state index contributed by atoms with van der Waals surface area (Å²) in [5.74, 6) is -1.17. The van der Waals surface area contributed by atoms with Crippen LogP contribution in [0, 0.1) is 18.6 Å². The molecule has 0 saturated carbocycles. The number of aromatic nitrogens is 1. The molecule has 0 radical (unpaired) electrons. The summed E-state index contributed by atoms with van der Waals surface area (Å²) in [6.45, 7) is 3.79. The molecule has 0 amide bonds. The van der Waals surface area contributed by atoms with Crippen molar-refractivity contribution in [3.8, 4) is 10.6 Å². The number of hydrogen-bond donors (Lipinski definition) is 1. The molecule has 0 spiro atoms. The first-order valence-electron chi connectivity index (χ1n) is 6.24. The van der Waals surface area contributed by atoms with Crippen LogP contribution in [0.25, 0.3) is 10.6 Å². The van der Waals surface area contributed by atoms with E-state index < -0.39 is 11.6 Å². The van der Waals surface area contributed by atoms with Crippen LogP contribution in [0.2, 0.25) is 0 Å². The Labute approximate surface area is 120 Å². The summed E-state index contributed by atoms with van der Waals surface area (Å²) in [4.78, 5) is 5.24. The molecule has 2 rings (SSSR count). The minimum atomic E-state index is -0.586. The molecule has 1 aromatic carbocycles. The fourth-order valence-corrected chi connectivity index (χ4v) is 2.86. The van der Waals surface area contributed by atoms with Crippen LogP contribution in [-0.2, 0) is 11.3 Å². The normalized spacial score (nSPS) is 11.0. The van der Waals surface area contributed by atoms with Crippen molar-refractivity contribution in [1.82, 2.24) is 10.3 Å². The van der Waals surface area contributed by atoms with Gasteiger partial charge in [-0.25, -0.2) is 13.8 Å². The highest BCUT2D eigenvalue weighted by molar-refractivity contribution is 7.15. The van der Waals surface area contributed by atoms with Gasteiger partial charge in [-0.2, -0.15) is 0 Å². The third-order valence-electron chi connectivity index (χ3n) is 2.84. The molecule has 0 aliphatic rings. The highest BCUT2D eigenvalue weighted by atomic mass is 32.1. The van der Waals surface area contributed by atoms with Crippen molar-refractivity contribution >= 4 is 11.3 Å². The lowest BCUT2D eigenvalue weighted by Crippen LogP contribution is -2.18. The molecule has 0 atom stereocenters. The number of rotatable bonds is 6. The van der Waals surface area contributed by atoms with Gasteiger partial charge in [-0.05, 0) is 19.1 Å². The molecule has 0 aliphatic heterocycles. The van der Waals surface area contributed by atoms with Gasteiger partial charge in [0.2, 0.25) is 0 Å². The van der Waals surface area contributed by atoms with Crippen molar-refractivity contribution in [2.24, 2.45) is 0 Å². The molecule has 1 heterocycles. The number of hydrogen-bond acceptors (Lipinski definition) is 4. The van der Waals surface area contributed by atoms with E-state index in [-0.39, 0.29) is 5.56 Å². The maximum atomic E-state index is 13.7. The Kier molecular flexibility index (Phi) is 5.17. The van der Waals surface area contributed by atoms with Crippen LogP contribution in [0.15, 0.2) is 18.2 Å². The van der Waals surface area contributed by atoms with E-state index in [9.17, 15) is 8.78 Å². The van der Waals surface area contributed by atoms with Gasteiger partial charge in [0.25, 0.3) is 0 Å². The van der Waals surface area contributed by atoms with E-state index in [4.69, 9.17) is 4.74 Å². The first kappa shape index (κ1) is 15.0. The fourth-order valence-electron chi connectivity index (χ4n) is 1.78. The number of ether oxygens (including phenoxy) is 1. The van der Waals surface area contributed by atoms with E-state index in [1.807, 2.05) is 6.92 Å². The molecule has 1 aromatic heterocycles. The smallest absolute Gasteiger partial charge is 0.136 e. The second kappa shape index (κ2) is 6.88. The summed E-state index contributed by atoms with van der Waals surface area (Å²) in [6.07, 6.45) is 0. The molecular weight excluding hydrogens is 282 g/mol. The van der Waals surface area contributed by atoms with Crippen LogP contribution in [0.1, 0.15) is 10.6 Å². The molecule has 0 fully saturated rings. The van der Waals surface area contributed by atoms with Crippen LogP contribution in [0.5, 0.6) is 0 Å². The van der Waals surface area contributed by atoms with Crippen molar-refractivity contribution in [2.45, 2.75) is 13.5 Å². The number of methoxy groups -OCH3 is 1. The molecule has 0 bridgehead atoms. The largest absolute Gasteiger partial charge is 0.383 e. The van der Waals surface area contributed by atoms with E-state index in [0.29, 0.717) is 18.2 Å². The molecule has 6 heteroatoms. The van der Waals surface area contributed by atoms with E-state index in [1.54, 1.807) is 7.11 Å². The molecule has 0 aliphatic carbocycles. The number of nitrogens with one attached hydrogen (secondary N) is 1. The van der Waals surface area contributed by atoms with Crippen molar-refractivity contribution < 1.29 is 13.5 Å². The number of halogens is 2. The van der Waals surface area contributed by atoms with E-state index in [2.05, 4.69) is 10.3 Å². The second-order valence-corrected chi connectivity index (χ2v) is 5.38. The summed E-state index contributed by atoms with van der Waals surface area (Å²) >= 11 is 1.30. The highest BCUT2D eigenvalue weighted by Gasteiger charge is 2.16. The minimum Gasteiger partial charge on any atom is -0.383 e. The predicted molar refractivity (Wildman–Crippen MR) is 75.8 cm³/mol. The summed E-state index contributed by atoms with van der Waals surface area (Å²) in [5.41, 5.74) is 0.737. The second-order valence-electron chi connectivity index (χ2n) is 4.29. The lowest BCUT2D eigenvalue weighted by Gasteiger charge is -2.02. The Morgan fingerprint density at radius 2 is 2.00 bits per heavy atom. The summed E-state index contributed by atoms with van der Waals surface area (Å²) < 4.78 is 32.4. The molecule has 0 saturated heterocycles. The van der Waals surface area contributed by atoms with Crippen LogP contribution in [0.3, 0.4) is 0 Å². The van der Waals surface area contributed by atoms with Gasteiger partial charge in [0.05, 0.1) is 17.9 Å². The Balaban J connectivity index is 2.18. The maximum Gasteiger partial charge on any atom is 0.136 e. The summed E-state index contributed by atoms with van der Waals surface area (Å²) in [7, 11) is 1.64. The lowest BCUT2D eigenvalue weighted by molar-refractivity contribution is 0.199. The predicted octanol–water partition coefficient (Wildman–Crippen LogP) is 3.13. The monoisotopic (exact) mass is 298 g/mol. The van der Waals surface area contributed by atoms with E-state index in [0.717, 1.165) is 17.1 Å². The number of nitrogens with zero attached hydrogens (tertiary/aromatic N) is 1. The van der Waals surface area contributed by atoms with Crippen LogP contribution in [-0.4, -0.2) is 25.2 Å². The van der Waals surface area contributed by atoms with Gasteiger partial charge in [-0.15, -0.1) is 11.3 Å². The minimum absolute atomic E-state index is 0.0521. The summed E-state index contributed by atoms with van der Waals surface area (Å²) in [5, 5.41) is 3.57.